The van der Waals surface area contributed by atoms with Crippen molar-refractivity contribution in [2.75, 3.05) is 46.2 Å². The Labute approximate surface area is 409 Å². The highest BCUT2D eigenvalue weighted by atomic mass is 16.7. The quantitative estimate of drug-likeness (QED) is 0.115. The van der Waals surface area contributed by atoms with Gasteiger partial charge in [0.25, 0.3) is 5.97 Å². The van der Waals surface area contributed by atoms with Gasteiger partial charge in [-0.1, -0.05) is 39.0 Å². The van der Waals surface area contributed by atoms with E-state index in [4.69, 9.17) is 38.3 Å². The van der Waals surface area contributed by atoms with Gasteiger partial charge in [0.2, 0.25) is 0 Å². The van der Waals surface area contributed by atoms with Crippen LogP contribution in [-0.2, 0) is 38.0 Å². The fourth-order valence-electron chi connectivity index (χ4n) is 10.7. The van der Waals surface area contributed by atoms with E-state index in [9.17, 15) is 30.3 Å². The molecule has 0 unspecified atom stereocenters. The summed E-state index contributed by atoms with van der Waals surface area (Å²) in [5.41, 5.74) is -2.68. The Morgan fingerprint density at radius 1 is 0.971 bits per heavy atom. The van der Waals surface area contributed by atoms with E-state index in [1.165, 1.54) is 14.0 Å². The molecule has 18 heteroatoms. The summed E-state index contributed by atoms with van der Waals surface area (Å²) in [6.07, 6.45) is -6.18. The van der Waals surface area contributed by atoms with E-state index in [1.54, 1.807) is 40.8 Å². The summed E-state index contributed by atoms with van der Waals surface area (Å²) < 4.78 is 38.2. The normalized spacial score (nSPS) is 39.9. The lowest BCUT2D eigenvalue weighted by atomic mass is 9.77. The minimum absolute atomic E-state index is 0.117. The summed E-state index contributed by atoms with van der Waals surface area (Å²) in [7, 11) is 5.30. The molecule has 3 saturated heterocycles. The minimum atomic E-state index is -1.87. The maximum Gasteiger partial charge on any atom is 0.311 e. The largest absolute Gasteiger partial charge is 0.481 e. The number of nitrogens with one attached hydrogen (secondary N) is 1. The average Bonchev–Trinajstić information content (AvgIpc) is 3.28. The van der Waals surface area contributed by atoms with Gasteiger partial charge in [-0.25, -0.2) is 0 Å². The zero-order valence-electron chi connectivity index (χ0n) is 43.6. The molecule has 3 aliphatic heterocycles. The monoisotopic (exact) mass is 979 g/mol. The van der Waals surface area contributed by atoms with Crippen molar-refractivity contribution in [3.63, 3.8) is 0 Å². The second-order valence-electron chi connectivity index (χ2n) is 20.9. The van der Waals surface area contributed by atoms with Gasteiger partial charge in [0.05, 0.1) is 47.1 Å². The Morgan fingerprint density at radius 3 is 2.25 bits per heavy atom. The second kappa shape index (κ2) is 25.0. The molecule has 4 heterocycles. The van der Waals surface area contributed by atoms with E-state index in [-0.39, 0.29) is 37.3 Å². The first kappa shape index (κ1) is 58.5. The SMILES string of the molecule is CC(=O)O.CC[C@H]1OC(=O)[C@H](C)[C@@H](O[C@H]2C[C@@](C)(OC)[C@@H](O)[C@H](C)O2)[C@H](C)[C@@H](O[C@@H]2O[C@H](C)C[C@H](N(C)C)[C@H]2O)[C@](C)(O)C[C@@H](C)CN(CCCNc2ccnc3ccccc23)[C@H](C)[C@@H](O)[C@]1(C)O. The number of methoxy groups -OCH3 is 1. The van der Waals surface area contributed by atoms with Crippen molar-refractivity contribution in [2.45, 2.75) is 199 Å². The maximum absolute atomic E-state index is 14.6. The number of likely N-dealkylation sites (N-methyl/N-ethyl adjacent to an activating group) is 1. The number of hydrogen-bond donors (Lipinski definition) is 7. The second-order valence-corrected chi connectivity index (χ2v) is 20.9. The molecule has 0 radical (unpaired) electrons. The van der Waals surface area contributed by atoms with Crippen LogP contribution >= 0.6 is 0 Å². The van der Waals surface area contributed by atoms with Crippen LogP contribution in [0.4, 0.5) is 5.69 Å². The molecule has 1 aromatic carbocycles. The molecule has 18 nitrogen and oxygen atoms in total. The highest BCUT2D eigenvalue weighted by Gasteiger charge is 2.53. The Kier molecular flexibility index (Phi) is 21.2. The number of pyridine rings is 1. The van der Waals surface area contributed by atoms with Crippen LogP contribution in [0.5, 0.6) is 0 Å². The molecule has 0 aliphatic carbocycles. The fraction of sp³-hybridized carbons (Fsp3) is 0.784. The standard InChI is InChI=1S/C49H82N4O12.C2H4O2/c1-14-38-49(10,59)42(55)32(6)53(23-17-21-50-36-20-22-51-35-19-16-15-18-34(35)36)27-28(2)25-47(8,58)44(65-46-40(54)37(52(11)12)24-29(3)61-46)30(4)41(31(5)45(57)63-38)64-39-26-48(9,60-13)43(56)33(7)62-39;1-2(3)4/h15-16,18-20,22,28-33,37-44,46,54-56,58-59H,14,17,21,23-27H2,1-13H3,(H,50,51);1H3,(H,3,4)/t28-,29-,30+,31-,32-,33+,37+,38-,39+,40-,41+,42-,43+,44-,46+,47-,48-,49-;/m1./s1. The van der Waals surface area contributed by atoms with Crippen LogP contribution in [0, 0.1) is 17.8 Å². The van der Waals surface area contributed by atoms with E-state index < -0.39 is 102 Å². The number of ether oxygens (including phenoxy) is 6. The Balaban J connectivity index is 0.00000249. The number of rotatable bonds is 12. The third kappa shape index (κ3) is 14.8. The number of aliphatic hydroxyl groups excluding tert-OH is 3. The zero-order valence-corrected chi connectivity index (χ0v) is 43.6. The molecule has 394 valence electrons. The lowest BCUT2D eigenvalue weighted by Crippen LogP contribution is -2.60. The Hall–Kier alpha value is -3.11. The number of para-hydroxylation sites is 1. The summed E-state index contributed by atoms with van der Waals surface area (Å²) in [5, 5.41) is 72.0. The van der Waals surface area contributed by atoms with Crippen molar-refractivity contribution < 1.29 is 68.6 Å². The number of hydrogen-bond acceptors (Lipinski definition) is 17. The van der Waals surface area contributed by atoms with Gasteiger partial charge in [-0.05, 0) is 106 Å². The number of aliphatic hydroxyl groups is 5. The van der Waals surface area contributed by atoms with Gasteiger partial charge in [0, 0.05) is 75.4 Å². The number of carbonyl (C=O) groups excluding carboxylic acids is 1. The van der Waals surface area contributed by atoms with Crippen LogP contribution in [0.1, 0.15) is 108 Å². The van der Waals surface area contributed by atoms with Gasteiger partial charge >= 0.3 is 5.97 Å². The van der Waals surface area contributed by atoms with Crippen LogP contribution in [0.15, 0.2) is 36.5 Å². The Bertz CT molecular complexity index is 1920. The zero-order chi connectivity index (χ0) is 51.8. The summed E-state index contributed by atoms with van der Waals surface area (Å²) in [6.45, 7) is 20.4. The molecule has 0 spiro atoms. The van der Waals surface area contributed by atoms with Crippen molar-refractivity contribution >= 4 is 28.5 Å². The molecule has 1 aromatic heterocycles. The lowest BCUT2D eigenvalue weighted by Gasteiger charge is -2.48. The average molecular weight is 979 g/mol. The van der Waals surface area contributed by atoms with Crippen molar-refractivity contribution in [1.82, 2.24) is 14.8 Å². The number of carboxylic acid groups (broad SMARTS) is 1. The van der Waals surface area contributed by atoms with E-state index in [2.05, 4.69) is 15.2 Å². The maximum atomic E-state index is 14.6. The number of carbonyl (C=O) groups is 2. The molecular weight excluding hydrogens is 893 g/mol. The summed E-state index contributed by atoms with van der Waals surface area (Å²) in [6, 6.07) is 8.98. The fourth-order valence-corrected chi connectivity index (χ4v) is 10.7. The smallest absolute Gasteiger partial charge is 0.311 e. The Morgan fingerprint density at radius 2 is 1.62 bits per heavy atom. The highest BCUT2D eigenvalue weighted by molar-refractivity contribution is 5.90. The molecule has 3 aliphatic rings. The van der Waals surface area contributed by atoms with Crippen LogP contribution in [0.3, 0.4) is 0 Å². The number of esters is 1. The van der Waals surface area contributed by atoms with Crippen LogP contribution < -0.4 is 5.32 Å². The molecule has 69 heavy (non-hydrogen) atoms. The first-order chi connectivity index (χ1) is 32.2. The van der Waals surface area contributed by atoms with Crippen LogP contribution in [0.2, 0.25) is 0 Å². The van der Waals surface area contributed by atoms with Crippen LogP contribution in [-0.4, -0.2) is 188 Å². The third-order valence-corrected chi connectivity index (χ3v) is 14.6. The first-order valence-electron chi connectivity index (χ1n) is 24.7. The predicted molar refractivity (Wildman–Crippen MR) is 261 cm³/mol. The van der Waals surface area contributed by atoms with Gasteiger partial charge in [-0.3, -0.25) is 19.5 Å². The highest BCUT2D eigenvalue weighted by Crippen LogP contribution is 2.40. The number of fused-ring (bicyclic) bond motifs is 1. The molecule has 0 amide bonds. The van der Waals surface area contributed by atoms with Crippen molar-refractivity contribution in [3.8, 4) is 0 Å². The van der Waals surface area contributed by atoms with Gasteiger partial charge in [0.15, 0.2) is 12.6 Å². The molecule has 18 atom stereocenters. The van der Waals surface area contributed by atoms with Crippen molar-refractivity contribution in [2.24, 2.45) is 17.8 Å². The van der Waals surface area contributed by atoms with Crippen LogP contribution in [0.25, 0.3) is 10.9 Å². The predicted octanol–water partition coefficient (Wildman–Crippen LogP) is 4.41. The third-order valence-electron chi connectivity index (χ3n) is 14.6. The molecular formula is C51H86N4O14. The topological polar surface area (TPSA) is 242 Å². The number of cyclic esters (lactones) is 1. The lowest BCUT2D eigenvalue weighted by molar-refractivity contribution is -0.318. The number of aromatic nitrogens is 1. The summed E-state index contributed by atoms with van der Waals surface area (Å²) in [5.74, 6) is -3.57. The van der Waals surface area contributed by atoms with Gasteiger partial charge in [0.1, 0.15) is 30.0 Å². The molecule has 5 rings (SSSR count). The van der Waals surface area contributed by atoms with Crippen molar-refractivity contribution in [3.05, 3.63) is 36.5 Å². The molecule has 0 bridgehead atoms. The van der Waals surface area contributed by atoms with E-state index in [0.29, 0.717) is 32.5 Å². The molecule has 0 saturated carbocycles. The molecule has 2 aromatic rings. The summed E-state index contributed by atoms with van der Waals surface area (Å²) >= 11 is 0. The number of nitrogens with zero attached hydrogens (tertiary/aromatic N) is 3. The van der Waals surface area contributed by atoms with Gasteiger partial charge in [-0.2, -0.15) is 0 Å². The number of benzene rings is 1. The summed E-state index contributed by atoms with van der Waals surface area (Å²) in [4.78, 5) is 32.1. The number of anilines is 1. The van der Waals surface area contributed by atoms with E-state index in [1.807, 2.05) is 77.0 Å². The van der Waals surface area contributed by atoms with E-state index in [0.717, 1.165) is 23.5 Å². The number of aliphatic carboxylic acids is 1. The van der Waals surface area contributed by atoms with Crippen molar-refractivity contribution in [1.29, 1.82) is 0 Å². The van der Waals surface area contributed by atoms with Gasteiger partial charge in [-0.15, -0.1) is 0 Å². The minimum Gasteiger partial charge on any atom is -0.481 e. The first-order valence-corrected chi connectivity index (χ1v) is 24.7. The molecule has 3 fully saturated rings. The molecule has 7 N–H and O–H groups in total. The number of carboxylic acids is 1. The van der Waals surface area contributed by atoms with E-state index >= 15 is 0 Å². The van der Waals surface area contributed by atoms with Gasteiger partial charge < -0.3 is 69.3 Å².